The maximum atomic E-state index is 10.6. The van der Waals surface area contributed by atoms with Crippen LogP contribution in [0.5, 0.6) is 0 Å². The van der Waals surface area contributed by atoms with Gasteiger partial charge in [0.25, 0.3) is 0 Å². The summed E-state index contributed by atoms with van der Waals surface area (Å²) in [7, 11) is 0. The van der Waals surface area contributed by atoms with Gasteiger partial charge in [-0.1, -0.05) is 30.8 Å². The minimum Gasteiger partial charge on any atom is -0.481 e. The van der Waals surface area contributed by atoms with E-state index in [0.29, 0.717) is 12.5 Å². The summed E-state index contributed by atoms with van der Waals surface area (Å²) in [5.74, 6) is -0.322. The van der Waals surface area contributed by atoms with Gasteiger partial charge in [-0.3, -0.25) is 4.79 Å². The number of carboxylic acids is 1. The number of carbonyl (C=O) groups is 1. The number of aliphatic carboxylic acids is 1. The zero-order valence-electron chi connectivity index (χ0n) is 8.09. The first-order valence-electron chi connectivity index (χ1n) is 4.96. The average molecular weight is 197 g/mol. The van der Waals surface area contributed by atoms with E-state index < -0.39 is 5.97 Å². The van der Waals surface area contributed by atoms with Gasteiger partial charge in [-0.2, -0.15) is 0 Å². The maximum Gasteiger partial charge on any atom is 0.303 e. The molecule has 1 rings (SSSR count). The molecule has 0 spiro atoms. The molecule has 5 heteroatoms. The molecule has 0 bridgehead atoms. The largest absolute Gasteiger partial charge is 0.481 e. The van der Waals surface area contributed by atoms with Gasteiger partial charge >= 0.3 is 5.97 Å². The number of azide groups is 1. The van der Waals surface area contributed by atoms with Crippen molar-refractivity contribution >= 4 is 5.97 Å². The standard InChI is InChI=1S/C9H15N3O2/c10-12-11-6-8(5-9(13)14)7-3-1-2-4-7/h7-8H,1-6H2,(H,13,14). The van der Waals surface area contributed by atoms with Crippen LogP contribution in [0.25, 0.3) is 10.4 Å². The van der Waals surface area contributed by atoms with Crippen LogP contribution < -0.4 is 0 Å². The molecule has 0 aromatic heterocycles. The van der Waals surface area contributed by atoms with Gasteiger partial charge in [0.2, 0.25) is 0 Å². The number of rotatable bonds is 5. The molecule has 0 saturated heterocycles. The Labute approximate surface area is 82.7 Å². The molecule has 1 aliphatic rings. The summed E-state index contributed by atoms with van der Waals surface area (Å²) in [5.41, 5.74) is 8.20. The predicted molar refractivity (Wildman–Crippen MR) is 51.7 cm³/mol. The van der Waals surface area contributed by atoms with Gasteiger partial charge in [0, 0.05) is 17.9 Å². The van der Waals surface area contributed by atoms with Crippen LogP contribution in [-0.4, -0.2) is 17.6 Å². The second-order valence-corrected chi connectivity index (χ2v) is 3.82. The van der Waals surface area contributed by atoms with Crippen LogP contribution >= 0.6 is 0 Å². The van der Waals surface area contributed by atoms with Crippen molar-refractivity contribution in [3.05, 3.63) is 10.4 Å². The molecule has 14 heavy (non-hydrogen) atoms. The van der Waals surface area contributed by atoms with Gasteiger partial charge in [0.05, 0.1) is 0 Å². The lowest BCUT2D eigenvalue weighted by Gasteiger charge is -2.19. The Balaban J connectivity index is 2.49. The molecule has 1 aliphatic carbocycles. The smallest absolute Gasteiger partial charge is 0.303 e. The molecule has 0 heterocycles. The minimum absolute atomic E-state index is 0.0332. The summed E-state index contributed by atoms with van der Waals surface area (Å²) in [5, 5.41) is 12.2. The van der Waals surface area contributed by atoms with Gasteiger partial charge in [-0.15, -0.1) is 0 Å². The number of hydrogen-bond donors (Lipinski definition) is 1. The number of nitrogens with zero attached hydrogens (tertiary/aromatic N) is 3. The molecule has 1 atom stereocenters. The van der Waals surface area contributed by atoms with Gasteiger partial charge in [0.1, 0.15) is 0 Å². The summed E-state index contributed by atoms with van der Waals surface area (Å²) in [6.07, 6.45) is 4.65. The molecule has 0 aromatic rings. The average Bonchev–Trinajstić information content (AvgIpc) is 2.64. The van der Waals surface area contributed by atoms with E-state index in [9.17, 15) is 4.79 Å². The predicted octanol–water partition coefficient (Wildman–Crippen LogP) is 2.58. The Kier molecular flexibility index (Phi) is 4.26. The van der Waals surface area contributed by atoms with Crippen molar-refractivity contribution < 1.29 is 9.90 Å². The van der Waals surface area contributed by atoms with Crippen molar-refractivity contribution in [1.29, 1.82) is 0 Å². The van der Waals surface area contributed by atoms with Gasteiger partial charge < -0.3 is 5.11 Å². The monoisotopic (exact) mass is 197 g/mol. The second-order valence-electron chi connectivity index (χ2n) is 3.82. The Bertz CT molecular complexity index is 238. The van der Waals surface area contributed by atoms with Crippen LogP contribution in [-0.2, 0) is 4.79 Å². The molecule has 0 aromatic carbocycles. The molecule has 5 nitrogen and oxygen atoms in total. The SMILES string of the molecule is [N-]=[N+]=NCC(CC(=O)O)C1CCCC1. The van der Waals surface area contributed by atoms with Crippen LogP contribution in [0.2, 0.25) is 0 Å². The van der Waals surface area contributed by atoms with E-state index in [-0.39, 0.29) is 12.3 Å². The van der Waals surface area contributed by atoms with Crippen LogP contribution in [0.4, 0.5) is 0 Å². The summed E-state index contributed by atoms with van der Waals surface area (Å²) in [4.78, 5) is 13.3. The summed E-state index contributed by atoms with van der Waals surface area (Å²) < 4.78 is 0. The third kappa shape index (κ3) is 3.26. The van der Waals surface area contributed by atoms with E-state index in [2.05, 4.69) is 10.0 Å². The zero-order valence-corrected chi connectivity index (χ0v) is 8.09. The Morgan fingerprint density at radius 1 is 1.57 bits per heavy atom. The van der Waals surface area contributed by atoms with Crippen LogP contribution in [0.15, 0.2) is 5.11 Å². The van der Waals surface area contributed by atoms with Crippen molar-refractivity contribution in [1.82, 2.24) is 0 Å². The van der Waals surface area contributed by atoms with Crippen LogP contribution in [0, 0.1) is 11.8 Å². The molecule has 0 aliphatic heterocycles. The molecule has 0 radical (unpaired) electrons. The summed E-state index contributed by atoms with van der Waals surface area (Å²) >= 11 is 0. The normalized spacial score (nSPS) is 18.9. The molecule has 0 amide bonds. The third-order valence-corrected chi connectivity index (χ3v) is 2.88. The van der Waals surface area contributed by atoms with E-state index in [1.807, 2.05) is 0 Å². The van der Waals surface area contributed by atoms with Gasteiger partial charge in [0.15, 0.2) is 0 Å². The Hall–Kier alpha value is -1.22. The Morgan fingerprint density at radius 2 is 2.21 bits per heavy atom. The number of carboxylic acid groups (broad SMARTS) is 1. The molecule has 1 saturated carbocycles. The lowest BCUT2D eigenvalue weighted by molar-refractivity contribution is -0.138. The number of hydrogen-bond acceptors (Lipinski definition) is 2. The van der Waals surface area contributed by atoms with E-state index in [4.69, 9.17) is 10.6 Å². The highest BCUT2D eigenvalue weighted by Crippen LogP contribution is 2.33. The summed E-state index contributed by atoms with van der Waals surface area (Å²) in [6.45, 7) is 0.327. The highest BCUT2D eigenvalue weighted by Gasteiger charge is 2.26. The maximum absolute atomic E-state index is 10.6. The van der Waals surface area contributed by atoms with Crippen molar-refractivity contribution in [3.63, 3.8) is 0 Å². The van der Waals surface area contributed by atoms with Crippen LogP contribution in [0.1, 0.15) is 32.1 Å². The highest BCUT2D eigenvalue weighted by molar-refractivity contribution is 5.67. The molecule has 78 valence electrons. The quantitative estimate of drug-likeness (QED) is 0.417. The van der Waals surface area contributed by atoms with E-state index in [1.54, 1.807) is 0 Å². The van der Waals surface area contributed by atoms with Crippen molar-refractivity contribution in [2.45, 2.75) is 32.1 Å². The fraction of sp³-hybridized carbons (Fsp3) is 0.889. The fourth-order valence-electron chi connectivity index (χ4n) is 2.17. The molecule has 1 fully saturated rings. The lowest BCUT2D eigenvalue weighted by atomic mass is 9.88. The van der Waals surface area contributed by atoms with Gasteiger partial charge in [-0.05, 0) is 17.4 Å². The first-order valence-corrected chi connectivity index (χ1v) is 4.96. The molecule has 1 N–H and O–H groups in total. The Morgan fingerprint density at radius 3 is 2.71 bits per heavy atom. The zero-order chi connectivity index (χ0) is 10.4. The fourth-order valence-corrected chi connectivity index (χ4v) is 2.17. The second kappa shape index (κ2) is 5.50. The molecular formula is C9H15N3O2. The summed E-state index contributed by atoms with van der Waals surface area (Å²) in [6, 6.07) is 0. The lowest BCUT2D eigenvalue weighted by Crippen LogP contribution is -2.18. The topological polar surface area (TPSA) is 86.1 Å². The van der Waals surface area contributed by atoms with Crippen molar-refractivity contribution in [2.24, 2.45) is 17.0 Å². The highest BCUT2D eigenvalue weighted by atomic mass is 16.4. The van der Waals surface area contributed by atoms with E-state index >= 15 is 0 Å². The van der Waals surface area contributed by atoms with Crippen LogP contribution in [0.3, 0.4) is 0 Å². The van der Waals surface area contributed by atoms with E-state index in [0.717, 1.165) is 12.8 Å². The third-order valence-electron chi connectivity index (χ3n) is 2.88. The van der Waals surface area contributed by atoms with Gasteiger partial charge in [-0.25, -0.2) is 0 Å². The molecule has 1 unspecified atom stereocenters. The van der Waals surface area contributed by atoms with Crippen molar-refractivity contribution in [2.75, 3.05) is 6.54 Å². The van der Waals surface area contributed by atoms with Crippen molar-refractivity contribution in [3.8, 4) is 0 Å². The van der Waals surface area contributed by atoms with E-state index in [1.165, 1.54) is 12.8 Å². The minimum atomic E-state index is -0.796. The first kappa shape index (κ1) is 10.9. The molecular weight excluding hydrogens is 182 g/mol. The first-order chi connectivity index (χ1) is 6.74.